The van der Waals surface area contributed by atoms with Gasteiger partial charge in [0.25, 0.3) is 0 Å². The predicted molar refractivity (Wildman–Crippen MR) is 134 cm³/mol. The molecule has 0 aliphatic carbocycles. The minimum Gasteiger partial charge on any atom is -0.496 e. The van der Waals surface area contributed by atoms with Gasteiger partial charge in [0.15, 0.2) is 11.5 Å². The van der Waals surface area contributed by atoms with Crippen LogP contribution in [0.25, 0.3) is 0 Å². The van der Waals surface area contributed by atoms with Crippen molar-refractivity contribution in [3.8, 4) is 23.0 Å². The smallest absolute Gasteiger partial charge is 0.224 e. The van der Waals surface area contributed by atoms with Gasteiger partial charge >= 0.3 is 0 Å². The Morgan fingerprint density at radius 3 is 2.49 bits per heavy atom. The van der Waals surface area contributed by atoms with Crippen molar-refractivity contribution in [3.05, 3.63) is 83.4 Å². The van der Waals surface area contributed by atoms with Crippen LogP contribution in [-0.2, 0) is 17.8 Å². The fraction of sp³-hybridized carbons (Fsp3) is 0.321. The van der Waals surface area contributed by atoms with Gasteiger partial charge in [-0.1, -0.05) is 42.5 Å². The Balaban J connectivity index is 1.40. The number of carbonyl (C=O) groups excluding carboxylic acids is 1. The van der Waals surface area contributed by atoms with Crippen molar-refractivity contribution in [2.75, 3.05) is 41.0 Å². The molecular weight excluding hydrogens is 444 g/mol. The fourth-order valence-corrected chi connectivity index (χ4v) is 4.34. The quantitative estimate of drug-likeness (QED) is 0.503. The van der Waals surface area contributed by atoms with Crippen LogP contribution in [0.4, 0.5) is 0 Å². The Morgan fingerprint density at radius 1 is 0.943 bits per heavy atom. The van der Waals surface area contributed by atoms with E-state index >= 15 is 0 Å². The summed E-state index contributed by atoms with van der Waals surface area (Å²) in [7, 11) is 4.85. The standard InChI is InChI=1S/C28H32N2O5/c1-32-24-11-7-5-9-22(24)27-19-30(18-21-8-4-6-10-23(21)35-27)15-14-29-28(31)17-20-12-13-25(33-2)26(16-20)34-3/h4-13,16,27H,14-15,17-19H2,1-3H3,(H,29,31). The van der Waals surface area contributed by atoms with E-state index in [2.05, 4.69) is 16.3 Å². The predicted octanol–water partition coefficient (Wildman–Crippen LogP) is 4.01. The van der Waals surface area contributed by atoms with E-state index in [1.165, 1.54) is 0 Å². The summed E-state index contributed by atoms with van der Waals surface area (Å²) in [6, 6.07) is 21.6. The number of nitrogens with zero attached hydrogens (tertiary/aromatic N) is 1. The van der Waals surface area contributed by atoms with Crippen molar-refractivity contribution in [1.82, 2.24) is 10.2 Å². The second kappa shape index (κ2) is 11.6. The Bertz CT molecular complexity index is 1150. The van der Waals surface area contributed by atoms with E-state index in [0.717, 1.165) is 34.7 Å². The highest BCUT2D eigenvalue weighted by molar-refractivity contribution is 5.78. The number of para-hydroxylation sites is 2. The molecule has 0 fully saturated rings. The fourth-order valence-electron chi connectivity index (χ4n) is 4.34. The largest absolute Gasteiger partial charge is 0.496 e. The lowest BCUT2D eigenvalue weighted by atomic mass is 10.1. The van der Waals surface area contributed by atoms with Gasteiger partial charge in [-0.3, -0.25) is 9.69 Å². The number of rotatable bonds is 9. The van der Waals surface area contributed by atoms with E-state index in [1.807, 2.05) is 60.7 Å². The minimum atomic E-state index is -0.183. The number of ether oxygens (including phenoxy) is 4. The van der Waals surface area contributed by atoms with Crippen LogP contribution in [-0.4, -0.2) is 51.8 Å². The lowest BCUT2D eigenvalue weighted by Gasteiger charge is -2.25. The maximum Gasteiger partial charge on any atom is 0.224 e. The maximum atomic E-state index is 12.6. The third-order valence-corrected chi connectivity index (χ3v) is 6.11. The molecule has 0 bridgehead atoms. The molecule has 0 radical (unpaired) electrons. The summed E-state index contributed by atoms with van der Waals surface area (Å²) in [6.07, 6.45) is 0.0909. The van der Waals surface area contributed by atoms with Crippen molar-refractivity contribution >= 4 is 5.91 Å². The van der Waals surface area contributed by atoms with Crippen LogP contribution in [0.1, 0.15) is 22.8 Å². The van der Waals surface area contributed by atoms with Crippen LogP contribution in [0.5, 0.6) is 23.0 Å². The first-order chi connectivity index (χ1) is 17.1. The molecule has 1 heterocycles. The van der Waals surface area contributed by atoms with Gasteiger partial charge in [0, 0.05) is 37.3 Å². The van der Waals surface area contributed by atoms with Crippen LogP contribution in [0, 0.1) is 0 Å². The number of carbonyl (C=O) groups is 1. The number of nitrogens with one attached hydrogen (secondary N) is 1. The molecule has 1 aliphatic heterocycles. The van der Waals surface area contributed by atoms with E-state index in [-0.39, 0.29) is 18.4 Å². The number of hydrogen-bond acceptors (Lipinski definition) is 6. The van der Waals surface area contributed by atoms with Crippen molar-refractivity contribution in [2.45, 2.75) is 19.1 Å². The van der Waals surface area contributed by atoms with Crippen molar-refractivity contribution in [2.24, 2.45) is 0 Å². The molecule has 3 aromatic rings. The Hall–Kier alpha value is -3.71. The number of methoxy groups -OCH3 is 3. The molecule has 1 amide bonds. The highest BCUT2D eigenvalue weighted by Crippen LogP contribution is 2.34. The Labute approximate surface area is 206 Å². The van der Waals surface area contributed by atoms with Crippen LogP contribution in [0.3, 0.4) is 0 Å². The zero-order valence-electron chi connectivity index (χ0n) is 20.5. The summed E-state index contributed by atoms with van der Waals surface area (Å²) >= 11 is 0. The molecule has 1 N–H and O–H groups in total. The van der Waals surface area contributed by atoms with Gasteiger partial charge in [0.05, 0.1) is 27.8 Å². The SMILES string of the molecule is COc1ccc(CC(=O)NCCN2Cc3ccccc3OC(c3ccccc3OC)C2)cc1OC. The van der Waals surface area contributed by atoms with E-state index in [9.17, 15) is 4.79 Å². The molecule has 4 rings (SSSR count). The van der Waals surface area contributed by atoms with E-state index in [4.69, 9.17) is 18.9 Å². The van der Waals surface area contributed by atoms with Gasteiger partial charge in [-0.25, -0.2) is 0 Å². The third-order valence-electron chi connectivity index (χ3n) is 6.11. The van der Waals surface area contributed by atoms with Crippen LogP contribution < -0.4 is 24.3 Å². The average Bonchev–Trinajstić information content (AvgIpc) is 3.07. The molecule has 7 heteroatoms. The molecule has 0 saturated heterocycles. The molecule has 1 aliphatic rings. The molecule has 0 aromatic heterocycles. The lowest BCUT2D eigenvalue weighted by molar-refractivity contribution is -0.120. The summed E-state index contributed by atoms with van der Waals surface area (Å²) in [6.45, 7) is 2.65. The summed E-state index contributed by atoms with van der Waals surface area (Å²) in [5.41, 5.74) is 3.00. The zero-order chi connectivity index (χ0) is 24.6. The molecule has 0 saturated carbocycles. The first-order valence-corrected chi connectivity index (χ1v) is 11.7. The maximum absolute atomic E-state index is 12.6. The molecule has 3 aromatic carbocycles. The number of benzene rings is 3. The lowest BCUT2D eigenvalue weighted by Crippen LogP contribution is -2.37. The monoisotopic (exact) mass is 476 g/mol. The van der Waals surface area contributed by atoms with Crippen molar-refractivity contribution in [1.29, 1.82) is 0 Å². The van der Waals surface area contributed by atoms with Crippen molar-refractivity contribution < 1.29 is 23.7 Å². The highest BCUT2D eigenvalue weighted by Gasteiger charge is 2.26. The highest BCUT2D eigenvalue weighted by atomic mass is 16.5. The second-order valence-electron chi connectivity index (χ2n) is 8.41. The molecule has 35 heavy (non-hydrogen) atoms. The molecule has 0 spiro atoms. The van der Waals surface area contributed by atoms with Gasteiger partial charge in [0.2, 0.25) is 5.91 Å². The number of fused-ring (bicyclic) bond motifs is 1. The zero-order valence-corrected chi connectivity index (χ0v) is 20.5. The van der Waals surface area contributed by atoms with Gasteiger partial charge in [0.1, 0.15) is 17.6 Å². The van der Waals surface area contributed by atoms with E-state index in [0.29, 0.717) is 31.1 Å². The molecular formula is C28H32N2O5. The normalized spacial score (nSPS) is 15.3. The average molecular weight is 477 g/mol. The first kappa shape index (κ1) is 24.4. The Morgan fingerprint density at radius 2 is 1.69 bits per heavy atom. The molecule has 184 valence electrons. The van der Waals surface area contributed by atoms with Crippen LogP contribution in [0.2, 0.25) is 0 Å². The third kappa shape index (κ3) is 6.05. The summed E-state index contributed by atoms with van der Waals surface area (Å²) in [5.74, 6) is 2.90. The second-order valence-corrected chi connectivity index (χ2v) is 8.41. The van der Waals surface area contributed by atoms with Gasteiger partial charge in [-0.2, -0.15) is 0 Å². The van der Waals surface area contributed by atoms with E-state index in [1.54, 1.807) is 21.3 Å². The van der Waals surface area contributed by atoms with E-state index < -0.39 is 0 Å². The van der Waals surface area contributed by atoms with Crippen molar-refractivity contribution in [3.63, 3.8) is 0 Å². The topological polar surface area (TPSA) is 69.3 Å². The molecule has 1 atom stereocenters. The van der Waals surface area contributed by atoms with Crippen LogP contribution in [0.15, 0.2) is 66.7 Å². The van der Waals surface area contributed by atoms with Crippen LogP contribution >= 0.6 is 0 Å². The minimum absolute atomic E-state index is 0.0371. The molecule has 7 nitrogen and oxygen atoms in total. The number of amides is 1. The molecule has 1 unspecified atom stereocenters. The number of hydrogen-bond donors (Lipinski definition) is 1. The Kier molecular flexibility index (Phi) is 8.11. The van der Waals surface area contributed by atoms with Gasteiger partial charge < -0.3 is 24.3 Å². The first-order valence-electron chi connectivity index (χ1n) is 11.7. The summed E-state index contributed by atoms with van der Waals surface area (Å²) < 4.78 is 22.6. The summed E-state index contributed by atoms with van der Waals surface area (Å²) in [5, 5.41) is 3.05. The van der Waals surface area contributed by atoms with Gasteiger partial charge in [-0.05, 0) is 29.8 Å². The summed E-state index contributed by atoms with van der Waals surface area (Å²) in [4.78, 5) is 14.9. The van der Waals surface area contributed by atoms with Gasteiger partial charge in [-0.15, -0.1) is 0 Å².